The first kappa shape index (κ1) is 122. The summed E-state index contributed by atoms with van der Waals surface area (Å²) >= 11 is 26.5. The maximum Gasteiger partial charge on any atom is 0.247 e. The molecular formula is C117H157Br4Cl2N17O4S. The predicted molar refractivity (Wildman–Crippen MR) is 627 cm³/mol. The number of halogens is 6. The van der Waals surface area contributed by atoms with Crippen molar-refractivity contribution in [3.63, 3.8) is 0 Å². The van der Waals surface area contributed by atoms with Crippen molar-refractivity contribution in [2.24, 2.45) is 0 Å². The molecule has 16 rings (SSSR count). The molecule has 4 fully saturated rings. The molecule has 0 amide bonds. The van der Waals surface area contributed by atoms with Gasteiger partial charge in [-0.2, -0.15) is 0 Å². The van der Waals surface area contributed by atoms with Gasteiger partial charge in [0.25, 0.3) is 0 Å². The number of piperidine rings is 1. The van der Waals surface area contributed by atoms with E-state index in [0.717, 1.165) is 137 Å². The molecule has 0 N–H and O–H groups in total. The van der Waals surface area contributed by atoms with Crippen LogP contribution in [0.1, 0.15) is 310 Å². The van der Waals surface area contributed by atoms with Crippen LogP contribution in [0.4, 0.5) is 40.6 Å². The van der Waals surface area contributed by atoms with Crippen LogP contribution in [0.5, 0.6) is 11.8 Å². The summed E-state index contributed by atoms with van der Waals surface area (Å²) in [6, 6.07) is 41.2. The van der Waals surface area contributed by atoms with E-state index in [2.05, 4.69) is 335 Å². The molecule has 12 aromatic rings. The van der Waals surface area contributed by atoms with Gasteiger partial charge >= 0.3 is 0 Å². The Morgan fingerprint density at radius 3 is 1.00 bits per heavy atom. The molecule has 0 unspecified atom stereocenters. The molecule has 4 saturated heterocycles. The quantitative estimate of drug-likeness (QED) is 0.0613. The number of anilines is 6. The van der Waals surface area contributed by atoms with Gasteiger partial charge in [-0.05, 0) is 309 Å². The lowest BCUT2D eigenvalue weighted by Crippen LogP contribution is -2.37. The fraction of sp³-hybridized carbons (Fsp3) is 0.462. The van der Waals surface area contributed by atoms with Gasteiger partial charge < -0.3 is 38.9 Å². The zero-order chi connectivity index (χ0) is 107. The van der Waals surface area contributed by atoms with Crippen molar-refractivity contribution in [1.29, 1.82) is 0 Å². The lowest BCUT2D eigenvalue weighted by Gasteiger charge is -2.32. The number of ether oxygens (including phenoxy) is 2. The Kier molecular flexibility index (Phi) is 51.7. The highest BCUT2D eigenvalue weighted by atomic mass is 79.9. The van der Waals surface area contributed by atoms with Gasteiger partial charge in [-0.15, -0.1) is 0 Å². The van der Waals surface area contributed by atoms with E-state index in [-0.39, 0.29) is 5.92 Å². The van der Waals surface area contributed by atoms with Gasteiger partial charge in [0.15, 0.2) is 9.84 Å². The fourth-order valence-electron chi connectivity index (χ4n) is 15.1. The molecule has 145 heavy (non-hydrogen) atoms. The van der Waals surface area contributed by atoms with Crippen molar-refractivity contribution in [3.8, 4) is 34.0 Å². The summed E-state index contributed by atoms with van der Waals surface area (Å²) in [4.78, 5) is 60.3. The Hall–Kier alpha value is -9.72. The van der Waals surface area contributed by atoms with Crippen LogP contribution in [0.2, 0.25) is 10.0 Å². The molecule has 2 aromatic carbocycles. The summed E-state index contributed by atoms with van der Waals surface area (Å²) in [6.07, 6.45) is 32.5. The van der Waals surface area contributed by atoms with Crippen LogP contribution in [0.15, 0.2) is 212 Å². The minimum absolute atomic E-state index is 0.268. The third kappa shape index (κ3) is 39.1. The van der Waals surface area contributed by atoms with Crippen molar-refractivity contribution in [1.82, 2.24) is 49.8 Å². The third-order valence-electron chi connectivity index (χ3n) is 24.8. The molecule has 0 atom stereocenters. The van der Waals surface area contributed by atoms with E-state index in [1.54, 1.807) is 44.6 Å². The Morgan fingerprint density at radius 2 is 0.648 bits per heavy atom. The first-order valence-corrected chi connectivity index (χ1v) is 56.5. The summed E-state index contributed by atoms with van der Waals surface area (Å²) < 4.78 is 38.1. The van der Waals surface area contributed by atoms with Crippen LogP contribution < -0.4 is 38.9 Å². The second kappa shape index (κ2) is 61.3. The van der Waals surface area contributed by atoms with E-state index in [4.69, 9.17) is 39.2 Å². The van der Waals surface area contributed by atoms with Gasteiger partial charge in [-0.25, -0.2) is 53.1 Å². The van der Waals surface area contributed by atoms with Crippen LogP contribution in [-0.4, -0.2) is 159 Å². The number of methoxy groups -OCH3 is 2. The minimum Gasteiger partial charge on any atom is -0.490 e. The minimum atomic E-state index is -3.24. The van der Waals surface area contributed by atoms with Crippen molar-refractivity contribution in [3.05, 3.63) is 290 Å². The molecule has 28 heteroatoms. The highest BCUT2D eigenvalue weighted by molar-refractivity contribution is 9.11. The Morgan fingerprint density at radius 1 is 0.338 bits per heavy atom. The van der Waals surface area contributed by atoms with Crippen molar-refractivity contribution < 1.29 is 17.9 Å². The average Bonchev–Trinajstić information content (AvgIpc) is 1.06. The lowest BCUT2D eigenvalue weighted by atomic mass is 10.00. The number of pyridine rings is 10. The van der Waals surface area contributed by atoms with Crippen LogP contribution in [-0.2, 0) is 9.84 Å². The number of aromatic nitrogens is 10. The molecule has 0 spiro atoms. The third-order valence-corrected chi connectivity index (χ3v) is 28.9. The number of benzene rings is 2. The maximum atomic E-state index is 11.7. The smallest absolute Gasteiger partial charge is 0.247 e. The number of nitrogens with zero attached hydrogens (tertiary/aromatic N) is 17. The van der Waals surface area contributed by atoms with E-state index in [1.807, 2.05) is 138 Å². The second-order valence-electron chi connectivity index (χ2n) is 40.2. The summed E-state index contributed by atoms with van der Waals surface area (Å²) in [7, 11) is 7.48. The van der Waals surface area contributed by atoms with E-state index in [0.29, 0.717) is 81.4 Å². The van der Waals surface area contributed by atoms with E-state index in [9.17, 15) is 8.42 Å². The van der Waals surface area contributed by atoms with E-state index < -0.39 is 9.84 Å². The van der Waals surface area contributed by atoms with Crippen LogP contribution >= 0.6 is 86.9 Å². The molecule has 10 aromatic heterocycles. The lowest BCUT2D eigenvalue weighted by molar-refractivity contribution is 0.399. The molecule has 4 aliphatic heterocycles. The fourth-order valence-corrected chi connectivity index (χ4v) is 19.1. The van der Waals surface area contributed by atoms with Crippen LogP contribution in [0.3, 0.4) is 0 Å². The Labute approximate surface area is 912 Å². The van der Waals surface area contributed by atoms with Gasteiger partial charge in [-0.1, -0.05) is 222 Å². The number of hydrogen-bond acceptors (Lipinski definition) is 20. The molecular weight excluding hydrogens is 2130 g/mol. The average molecular weight is 2290 g/mol. The maximum absolute atomic E-state index is 11.7. The molecule has 14 heterocycles. The van der Waals surface area contributed by atoms with Crippen molar-refractivity contribution in [2.45, 2.75) is 261 Å². The SMILES string of the molecule is CC(C)c1cnc(N(C)C)c(Br)c1.CC(C)c1cnc(N(C)C)c(S(C)(=O)=O)c1.CC(C)c1cnc(N2CCC2)c(Br)c1.CC(C)c1cnc(N2CCCC2)c(Br)c1.CC(C)c1cnc(N2CCCC2)c(Cl)c1.CC(C)c1cnc(N2CCCCC2)c(Br)c1.CC(C)c1cncc(-c2ccccc2)c1.COc1ncc(C(C)C)cc1-c1ccccc1.Cc1ncc(C(C)C)cc1Cl.[C-]#[N+]c1cc(C(C)C)cnc1OC. The largest absolute Gasteiger partial charge is 0.490 e. The molecule has 782 valence electrons. The second-order valence-corrected chi connectivity index (χ2v) is 46.4. The number of aryl methyl sites for hydroxylation is 1. The first-order valence-electron chi connectivity index (χ1n) is 50.7. The predicted octanol–water partition coefficient (Wildman–Crippen LogP) is 32.6. The van der Waals surface area contributed by atoms with Gasteiger partial charge in [-0.3, -0.25) is 9.97 Å². The Bertz CT molecular complexity index is 6050. The van der Waals surface area contributed by atoms with Crippen LogP contribution in [0.25, 0.3) is 27.1 Å². The van der Waals surface area contributed by atoms with E-state index >= 15 is 0 Å². The summed E-state index contributed by atoms with van der Waals surface area (Å²) in [5.74, 6) is 11.6. The number of sulfone groups is 1. The zero-order valence-electron chi connectivity index (χ0n) is 90.9. The summed E-state index contributed by atoms with van der Waals surface area (Å²) in [5.41, 5.74) is 18.1. The molecule has 0 bridgehead atoms. The summed E-state index contributed by atoms with van der Waals surface area (Å²) in [5, 5.41) is 1.55. The first-order chi connectivity index (χ1) is 68.8. The van der Waals surface area contributed by atoms with Crippen LogP contribution in [0, 0.1) is 13.5 Å². The molecule has 21 nitrogen and oxygen atoms in total. The number of hydrogen-bond donors (Lipinski definition) is 0. The number of rotatable bonds is 21. The Balaban J connectivity index is 0.000000219. The zero-order valence-corrected chi connectivity index (χ0v) is 99.6. The standard InChI is InChI=1S/C15H17NO.C14H15N.C13H19BrN2.C12H17BrN2.C12H17ClN2.C11H15BrN2.C11H18N2O2S.C10H15BrN2.C10H12N2O.C9H12ClN/c1-11(2)13-9-14(15(17-3)16-10-13)12-7-5-4-6-8-12;1-11(2)13-8-14(10-15-9-13)12-6-4-3-5-7-12;1-10(2)11-8-12(14)13(15-9-11)16-6-4-3-5-7-16;2*1-9(2)10-7-11(13)12(14-8-10)15-5-3-4-6-15;1-8(2)9-6-10(12)11(13-7-9)14-4-3-5-14;1-8(2)9-6-10(16(5,14)15)11(12-7-9)13(3)4;1-7(2)8-5-9(11)10(12-6-8)13(3)4;1-7(2)8-5-9(11-3)10(13-4)12-6-8;1-6(2)8-4-9(10)7(3)11-5-8/h4-11H,1-3H3;3-11H,1-2H3;8-10H,3-7H2,1-2H3;2*7-9H,3-6H2,1-2H3;6-8H,3-5H2,1-2H3;6-8H,1-5H3;5-7H,1-4H3;5-7H,1-2,4H3;4-6H,1-3H3. The highest BCUT2D eigenvalue weighted by Crippen LogP contribution is 2.38. The molecule has 0 aliphatic carbocycles. The molecule has 0 saturated carbocycles. The van der Waals surface area contributed by atoms with Gasteiger partial charge in [0.05, 0.1) is 54.4 Å². The van der Waals surface area contributed by atoms with Crippen molar-refractivity contribution in [2.75, 3.05) is 130 Å². The van der Waals surface area contributed by atoms with Gasteiger partial charge in [0.2, 0.25) is 17.4 Å². The molecule has 4 aliphatic rings. The van der Waals surface area contributed by atoms with Gasteiger partial charge in [0, 0.05) is 166 Å². The highest BCUT2D eigenvalue weighted by Gasteiger charge is 2.24. The molecule has 0 radical (unpaired) electrons. The monoisotopic (exact) mass is 2280 g/mol. The van der Waals surface area contributed by atoms with Crippen molar-refractivity contribution >= 4 is 137 Å². The normalized spacial score (nSPS) is 13.1. The topological polar surface area (TPSA) is 205 Å². The van der Waals surface area contributed by atoms with Gasteiger partial charge in [0.1, 0.15) is 39.8 Å². The van der Waals surface area contributed by atoms with E-state index in [1.165, 1.54) is 120 Å². The summed E-state index contributed by atoms with van der Waals surface area (Å²) in [6.45, 7) is 60.8.